The average molecular weight is 212 g/mol. The minimum atomic E-state index is 0.735. The summed E-state index contributed by atoms with van der Waals surface area (Å²) in [6.07, 6.45) is 1.98. The van der Waals surface area contributed by atoms with E-state index in [1.807, 2.05) is 24.3 Å². The molecule has 3 heteroatoms. The number of rotatable bonds is 5. The van der Waals surface area contributed by atoms with Gasteiger partial charge in [-0.2, -0.15) is 12.6 Å². The lowest BCUT2D eigenvalue weighted by atomic mass is 10.2. The molecular formula is C10H12OS2. The van der Waals surface area contributed by atoms with Gasteiger partial charge >= 0.3 is 0 Å². The summed E-state index contributed by atoms with van der Waals surface area (Å²) in [5.41, 5.74) is 0.735. The monoisotopic (exact) mass is 212 g/mol. The number of aldehydes is 1. The molecule has 1 aromatic carbocycles. The number of hydrogen-bond donors (Lipinski definition) is 1. The summed E-state index contributed by atoms with van der Waals surface area (Å²) in [6, 6.07) is 7.64. The van der Waals surface area contributed by atoms with Crippen LogP contribution >= 0.6 is 24.4 Å². The Balaban J connectivity index is 2.44. The van der Waals surface area contributed by atoms with Crippen molar-refractivity contribution < 1.29 is 4.79 Å². The van der Waals surface area contributed by atoms with Crippen LogP contribution in [0.15, 0.2) is 29.2 Å². The Morgan fingerprint density at radius 3 is 2.54 bits per heavy atom. The van der Waals surface area contributed by atoms with E-state index in [0.29, 0.717) is 0 Å². The maximum absolute atomic E-state index is 10.4. The summed E-state index contributed by atoms with van der Waals surface area (Å²) in [5, 5.41) is 0. The summed E-state index contributed by atoms with van der Waals surface area (Å²) in [6.45, 7) is 0. The van der Waals surface area contributed by atoms with Crippen molar-refractivity contribution in [1.82, 2.24) is 0 Å². The molecule has 0 spiro atoms. The molecule has 1 rings (SSSR count). The Hall–Kier alpha value is -0.410. The van der Waals surface area contributed by atoms with Gasteiger partial charge in [0.15, 0.2) is 0 Å². The smallest absolute Gasteiger partial charge is 0.150 e. The molecule has 0 saturated heterocycles. The van der Waals surface area contributed by atoms with Crippen LogP contribution in [0.1, 0.15) is 16.8 Å². The summed E-state index contributed by atoms with van der Waals surface area (Å²) < 4.78 is 0. The molecule has 0 fully saturated rings. The van der Waals surface area contributed by atoms with Crippen LogP contribution in [0, 0.1) is 0 Å². The van der Waals surface area contributed by atoms with E-state index in [1.165, 1.54) is 4.90 Å². The quantitative estimate of drug-likeness (QED) is 0.350. The van der Waals surface area contributed by atoms with Gasteiger partial charge < -0.3 is 0 Å². The number of carbonyl (C=O) groups is 1. The van der Waals surface area contributed by atoms with Gasteiger partial charge in [0.2, 0.25) is 0 Å². The fourth-order valence-electron chi connectivity index (χ4n) is 0.897. The highest BCUT2D eigenvalue weighted by molar-refractivity contribution is 7.99. The van der Waals surface area contributed by atoms with Gasteiger partial charge in [0, 0.05) is 10.5 Å². The average Bonchev–Trinajstić information content (AvgIpc) is 2.19. The molecule has 0 atom stereocenters. The molecule has 0 aromatic heterocycles. The van der Waals surface area contributed by atoms with Crippen LogP contribution in [-0.4, -0.2) is 17.8 Å². The number of thioether (sulfide) groups is 1. The summed E-state index contributed by atoms with van der Waals surface area (Å²) in [5.74, 6) is 2.02. The van der Waals surface area contributed by atoms with E-state index in [1.54, 1.807) is 11.8 Å². The Bertz CT molecular complexity index is 256. The Kier molecular flexibility index (Phi) is 5.01. The van der Waals surface area contributed by atoms with Crippen LogP contribution in [-0.2, 0) is 0 Å². The van der Waals surface area contributed by atoms with Crippen LogP contribution in [0.3, 0.4) is 0 Å². The Labute approximate surface area is 88.3 Å². The summed E-state index contributed by atoms with van der Waals surface area (Å²) >= 11 is 5.94. The summed E-state index contributed by atoms with van der Waals surface area (Å²) in [7, 11) is 0. The number of carbonyl (C=O) groups excluding carboxylic acids is 1. The maximum Gasteiger partial charge on any atom is 0.150 e. The van der Waals surface area contributed by atoms with Crippen molar-refractivity contribution in [2.45, 2.75) is 11.3 Å². The van der Waals surface area contributed by atoms with Crippen molar-refractivity contribution in [3.63, 3.8) is 0 Å². The third-order valence-corrected chi connectivity index (χ3v) is 3.00. The first kappa shape index (κ1) is 10.7. The highest BCUT2D eigenvalue weighted by atomic mass is 32.2. The molecular weight excluding hydrogens is 200 g/mol. The van der Waals surface area contributed by atoms with Gasteiger partial charge in [0.1, 0.15) is 6.29 Å². The van der Waals surface area contributed by atoms with Crippen molar-refractivity contribution in [2.24, 2.45) is 0 Å². The van der Waals surface area contributed by atoms with Crippen LogP contribution in [0.25, 0.3) is 0 Å². The van der Waals surface area contributed by atoms with Crippen LogP contribution in [0.5, 0.6) is 0 Å². The Morgan fingerprint density at radius 1 is 1.31 bits per heavy atom. The van der Waals surface area contributed by atoms with Gasteiger partial charge in [-0.05, 0) is 30.1 Å². The molecule has 0 amide bonds. The second kappa shape index (κ2) is 6.11. The van der Waals surface area contributed by atoms with E-state index >= 15 is 0 Å². The minimum Gasteiger partial charge on any atom is -0.298 e. The van der Waals surface area contributed by atoms with E-state index in [0.717, 1.165) is 29.8 Å². The number of hydrogen-bond acceptors (Lipinski definition) is 3. The van der Waals surface area contributed by atoms with Crippen molar-refractivity contribution in [2.75, 3.05) is 11.5 Å². The van der Waals surface area contributed by atoms with Gasteiger partial charge in [0.05, 0.1) is 0 Å². The third kappa shape index (κ3) is 3.87. The first-order valence-corrected chi connectivity index (χ1v) is 5.77. The predicted molar refractivity (Wildman–Crippen MR) is 61.0 cm³/mol. The van der Waals surface area contributed by atoms with E-state index in [9.17, 15) is 4.79 Å². The zero-order valence-corrected chi connectivity index (χ0v) is 8.98. The molecule has 0 aliphatic carbocycles. The molecule has 13 heavy (non-hydrogen) atoms. The first-order valence-electron chi connectivity index (χ1n) is 4.15. The van der Waals surface area contributed by atoms with Crippen LogP contribution in [0.2, 0.25) is 0 Å². The molecule has 0 unspecified atom stereocenters. The van der Waals surface area contributed by atoms with Crippen molar-refractivity contribution in [3.05, 3.63) is 29.8 Å². The van der Waals surface area contributed by atoms with Gasteiger partial charge in [-0.15, -0.1) is 11.8 Å². The lowest BCUT2D eigenvalue weighted by molar-refractivity contribution is 0.112. The molecule has 0 bridgehead atoms. The largest absolute Gasteiger partial charge is 0.298 e. The molecule has 0 N–H and O–H groups in total. The van der Waals surface area contributed by atoms with E-state index < -0.39 is 0 Å². The molecule has 0 radical (unpaired) electrons. The predicted octanol–water partition coefficient (Wildman–Crippen LogP) is 2.91. The second-order valence-corrected chi connectivity index (χ2v) is 4.23. The van der Waals surface area contributed by atoms with E-state index in [2.05, 4.69) is 12.6 Å². The zero-order chi connectivity index (χ0) is 9.52. The standard InChI is InChI=1S/C10H12OS2/c11-8-9-2-4-10(5-3-9)13-7-1-6-12/h2-5,8,12H,1,6-7H2. The SMILES string of the molecule is O=Cc1ccc(SCCCS)cc1. The number of benzene rings is 1. The van der Waals surface area contributed by atoms with E-state index in [4.69, 9.17) is 0 Å². The lowest BCUT2D eigenvalue weighted by Gasteiger charge is -1.99. The normalized spacial score (nSPS) is 9.92. The summed E-state index contributed by atoms with van der Waals surface area (Å²) in [4.78, 5) is 11.6. The van der Waals surface area contributed by atoms with Gasteiger partial charge in [0.25, 0.3) is 0 Å². The maximum atomic E-state index is 10.4. The number of thiol groups is 1. The van der Waals surface area contributed by atoms with Crippen molar-refractivity contribution in [1.29, 1.82) is 0 Å². The van der Waals surface area contributed by atoms with Crippen LogP contribution < -0.4 is 0 Å². The van der Waals surface area contributed by atoms with Gasteiger partial charge in [-0.25, -0.2) is 0 Å². The van der Waals surface area contributed by atoms with Gasteiger partial charge in [-0.1, -0.05) is 12.1 Å². The highest BCUT2D eigenvalue weighted by Crippen LogP contribution is 2.18. The highest BCUT2D eigenvalue weighted by Gasteiger charge is 1.93. The second-order valence-electron chi connectivity index (χ2n) is 2.61. The van der Waals surface area contributed by atoms with E-state index in [-0.39, 0.29) is 0 Å². The topological polar surface area (TPSA) is 17.1 Å². The molecule has 0 heterocycles. The van der Waals surface area contributed by atoms with Crippen molar-refractivity contribution >= 4 is 30.7 Å². The zero-order valence-electron chi connectivity index (χ0n) is 7.27. The molecule has 0 aliphatic heterocycles. The minimum absolute atomic E-state index is 0.735. The Morgan fingerprint density at radius 2 is 2.00 bits per heavy atom. The molecule has 0 aliphatic rings. The van der Waals surface area contributed by atoms with Crippen molar-refractivity contribution in [3.8, 4) is 0 Å². The molecule has 1 aromatic rings. The fraction of sp³-hybridized carbons (Fsp3) is 0.300. The van der Waals surface area contributed by atoms with Gasteiger partial charge in [-0.3, -0.25) is 4.79 Å². The lowest BCUT2D eigenvalue weighted by Crippen LogP contribution is -1.82. The molecule has 1 nitrogen and oxygen atoms in total. The first-order chi connectivity index (χ1) is 6.36. The fourth-order valence-corrected chi connectivity index (χ4v) is 2.12. The molecule has 70 valence electrons. The van der Waals surface area contributed by atoms with Crippen LogP contribution in [0.4, 0.5) is 0 Å². The molecule has 0 saturated carbocycles. The third-order valence-electron chi connectivity index (χ3n) is 1.59.